The number of rotatable bonds is 5. The third-order valence-electron chi connectivity index (χ3n) is 3.32. The maximum atomic E-state index is 12.5. The Morgan fingerprint density at radius 1 is 0.923 bits per heavy atom. The summed E-state index contributed by atoms with van der Waals surface area (Å²) in [6.45, 7) is -0.217. The monoisotopic (exact) mass is 377 g/mol. The predicted molar refractivity (Wildman–Crippen MR) is 80.1 cm³/mol. The molecule has 1 amide bonds. The van der Waals surface area contributed by atoms with Crippen molar-refractivity contribution in [1.29, 1.82) is 0 Å². The lowest BCUT2D eigenvalue weighted by atomic mass is 10.1. The van der Waals surface area contributed by atoms with Crippen molar-refractivity contribution in [1.82, 2.24) is 5.32 Å². The van der Waals surface area contributed by atoms with Crippen molar-refractivity contribution in [2.75, 3.05) is 0 Å². The molecule has 26 heavy (non-hydrogen) atoms. The molecule has 0 aliphatic rings. The van der Waals surface area contributed by atoms with Crippen LogP contribution < -0.4 is 10.1 Å². The fourth-order valence-electron chi connectivity index (χ4n) is 2.13. The van der Waals surface area contributed by atoms with Gasteiger partial charge in [-0.3, -0.25) is 4.79 Å². The van der Waals surface area contributed by atoms with Crippen LogP contribution in [0.2, 0.25) is 0 Å². The first kappa shape index (κ1) is 19.6. The zero-order chi connectivity index (χ0) is 19.4. The number of amides is 1. The van der Waals surface area contributed by atoms with Gasteiger partial charge < -0.3 is 10.1 Å². The summed E-state index contributed by atoms with van der Waals surface area (Å²) in [4.78, 5) is 11.9. The van der Waals surface area contributed by atoms with Gasteiger partial charge in [-0.15, -0.1) is 13.2 Å². The Morgan fingerprint density at radius 2 is 1.54 bits per heavy atom. The summed E-state index contributed by atoms with van der Waals surface area (Å²) in [5.74, 6) is -0.985. The van der Waals surface area contributed by atoms with Crippen molar-refractivity contribution in [3.8, 4) is 5.75 Å². The Hall–Kier alpha value is -2.71. The third-order valence-corrected chi connectivity index (χ3v) is 3.32. The van der Waals surface area contributed by atoms with Gasteiger partial charge in [-0.2, -0.15) is 13.2 Å². The van der Waals surface area contributed by atoms with Gasteiger partial charge in [-0.1, -0.05) is 30.3 Å². The Bertz CT molecular complexity index is 753. The SMILES string of the molecule is O=C(Cc1ccc(C(F)(F)F)cc1)NCc1ccccc1OC(F)(F)F. The van der Waals surface area contributed by atoms with Gasteiger partial charge in [0.25, 0.3) is 0 Å². The van der Waals surface area contributed by atoms with E-state index in [1.807, 2.05) is 0 Å². The molecule has 3 nitrogen and oxygen atoms in total. The second-order valence-corrected chi connectivity index (χ2v) is 5.30. The first-order chi connectivity index (χ1) is 12.0. The number of carbonyl (C=O) groups is 1. The van der Waals surface area contributed by atoms with Crippen molar-refractivity contribution < 1.29 is 35.9 Å². The molecular formula is C17H13F6NO2. The molecule has 0 spiro atoms. The summed E-state index contributed by atoms with van der Waals surface area (Å²) >= 11 is 0. The Morgan fingerprint density at radius 3 is 2.12 bits per heavy atom. The van der Waals surface area contributed by atoms with Gasteiger partial charge in [0.2, 0.25) is 5.91 Å². The van der Waals surface area contributed by atoms with Crippen LogP contribution in [-0.4, -0.2) is 12.3 Å². The molecule has 0 fully saturated rings. The zero-order valence-corrected chi connectivity index (χ0v) is 13.1. The minimum atomic E-state index is -4.86. The normalized spacial score (nSPS) is 11.9. The smallest absolute Gasteiger partial charge is 0.405 e. The van der Waals surface area contributed by atoms with Gasteiger partial charge >= 0.3 is 12.5 Å². The molecule has 1 N–H and O–H groups in total. The van der Waals surface area contributed by atoms with Crippen molar-refractivity contribution >= 4 is 5.91 Å². The minimum Gasteiger partial charge on any atom is -0.405 e. The van der Waals surface area contributed by atoms with Crippen LogP contribution >= 0.6 is 0 Å². The fourth-order valence-corrected chi connectivity index (χ4v) is 2.13. The van der Waals surface area contributed by atoms with E-state index in [1.54, 1.807) is 0 Å². The molecule has 2 aromatic carbocycles. The molecule has 0 aromatic heterocycles. The maximum Gasteiger partial charge on any atom is 0.573 e. The number of carbonyl (C=O) groups excluding carboxylic acids is 1. The van der Waals surface area contributed by atoms with Crippen LogP contribution in [0.25, 0.3) is 0 Å². The number of hydrogen-bond acceptors (Lipinski definition) is 2. The molecule has 0 unspecified atom stereocenters. The minimum absolute atomic E-state index is 0.116. The first-order valence-electron chi connectivity index (χ1n) is 7.31. The average Bonchev–Trinajstić information content (AvgIpc) is 2.52. The summed E-state index contributed by atoms with van der Waals surface area (Å²) in [6.07, 6.45) is -9.54. The lowest BCUT2D eigenvalue weighted by molar-refractivity contribution is -0.274. The number of halogens is 6. The van der Waals surface area contributed by atoms with E-state index in [9.17, 15) is 31.1 Å². The Kier molecular flexibility index (Phi) is 5.79. The largest absolute Gasteiger partial charge is 0.573 e. The zero-order valence-electron chi connectivity index (χ0n) is 13.1. The molecule has 0 saturated heterocycles. The van der Waals surface area contributed by atoms with Crippen molar-refractivity contribution in [3.63, 3.8) is 0 Å². The molecule has 0 atom stereocenters. The van der Waals surface area contributed by atoms with Crippen molar-refractivity contribution in [3.05, 3.63) is 65.2 Å². The number of hydrogen-bond donors (Lipinski definition) is 1. The highest BCUT2D eigenvalue weighted by molar-refractivity contribution is 5.78. The van der Waals surface area contributed by atoms with Crippen LogP contribution in [0.3, 0.4) is 0 Å². The highest BCUT2D eigenvalue weighted by Gasteiger charge is 2.32. The van der Waals surface area contributed by atoms with Crippen LogP contribution in [0.4, 0.5) is 26.3 Å². The van der Waals surface area contributed by atoms with E-state index in [0.29, 0.717) is 5.56 Å². The molecular weight excluding hydrogens is 364 g/mol. The second-order valence-electron chi connectivity index (χ2n) is 5.30. The first-order valence-corrected chi connectivity index (χ1v) is 7.31. The molecule has 0 bridgehead atoms. The lowest BCUT2D eigenvalue weighted by Crippen LogP contribution is -2.25. The van der Waals surface area contributed by atoms with Crippen molar-refractivity contribution in [2.24, 2.45) is 0 Å². The summed E-state index contributed by atoms with van der Waals surface area (Å²) in [7, 11) is 0. The number of ether oxygens (including phenoxy) is 1. The standard InChI is InChI=1S/C17H13F6NO2/c18-16(19,20)13-7-5-11(6-8-13)9-15(25)24-10-12-3-1-2-4-14(12)26-17(21,22)23/h1-8H,9-10H2,(H,24,25). The maximum absolute atomic E-state index is 12.5. The van der Waals surface area contributed by atoms with Crippen LogP contribution in [0.15, 0.2) is 48.5 Å². The molecule has 2 aromatic rings. The molecule has 2 rings (SSSR count). The predicted octanol–water partition coefficient (Wildman–Crippen LogP) is 4.46. The van der Waals surface area contributed by atoms with E-state index in [-0.39, 0.29) is 18.5 Å². The van der Waals surface area contributed by atoms with E-state index in [0.717, 1.165) is 18.2 Å². The van der Waals surface area contributed by atoms with Gasteiger partial charge in [0.1, 0.15) is 5.75 Å². The third kappa shape index (κ3) is 5.98. The highest BCUT2D eigenvalue weighted by atomic mass is 19.4. The second kappa shape index (κ2) is 7.67. The Balaban J connectivity index is 1.95. The number of para-hydroxylation sites is 1. The van der Waals surface area contributed by atoms with Gasteiger partial charge in [-0.25, -0.2) is 0 Å². The molecule has 0 aliphatic heterocycles. The fraction of sp³-hybridized carbons (Fsp3) is 0.235. The van der Waals surface area contributed by atoms with E-state index < -0.39 is 29.8 Å². The number of benzene rings is 2. The summed E-state index contributed by atoms with van der Waals surface area (Å²) < 4.78 is 78.3. The van der Waals surface area contributed by atoms with E-state index in [1.165, 1.54) is 30.3 Å². The van der Waals surface area contributed by atoms with Gasteiger partial charge in [-0.05, 0) is 23.8 Å². The quantitative estimate of drug-likeness (QED) is 0.782. The highest BCUT2D eigenvalue weighted by Crippen LogP contribution is 2.29. The Labute approximate surface area is 144 Å². The van der Waals surface area contributed by atoms with E-state index in [2.05, 4.69) is 10.1 Å². The van der Waals surface area contributed by atoms with E-state index >= 15 is 0 Å². The van der Waals surface area contributed by atoms with Crippen LogP contribution in [0, 0.1) is 0 Å². The van der Waals surface area contributed by atoms with Gasteiger partial charge in [0.05, 0.1) is 12.0 Å². The molecule has 0 heterocycles. The molecule has 140 valence electrons. The topological polar surface area (TPSA) is 38.3 Å². The van der Waals surface area contributed by atoms with Crippen molar-refractivity contribution in [2.45, 2.75) is 25.5 Å². The number of alkyl halides is 6. The van der Waals surface area contributed by atoms with E-state index in [4.69, 9.17) is 0 Å². The van der Waals surface area contributed by atoms with Crippen LogP contribution in [0.5, 0.6) is 5.75 Å². The summed E-state index contributed by atoms with van der Waals surface area (Å²) in [6, 6.07) is 9.37. The summed E-state index contributed by atoms with van der Waals surface area (Å²) in [5, 5.41) is 2.41. The van der Waals surface area contributed by atoms with Gasteiger partial charge in [0.15, 0.2) is 0 Å². The molecule has 0 aliphatic carbocycles. The molecule has 0 radical (unpaired) electrons. The van der Waals surface area contributed by atoms with Crippen LogP contribution in [-0.2, 0) is 23.9 Å². The molecule has 0 saturated carbocycles. The molecule has 9 heteroatoms. The summed E-state index contributed by atoms with van der Waals surface area (Å²) in [5.41, 5.74) is -0.374. The number of nitrogens with one attached hydrogen (secondary N) is 1. The average molecular weight is 377 g/mol. The van der Waals surface area contributed by atoms with Gasteiger partial charge in [0, 0.05) is 12.1 Å². The lowest BCUT2D eigenvalue weighted by Gasteiger charge is -2.13. The van der Waals surface area contributed by atoms with Crippen LogP contribution in [0.1, 0.15) is 16.7 Å².